The number of aryl methyl sites for hydroxylation is 1. The lowest BCUT2D eigenvalue weighted by molar-refractivity contribution is 0.242. The van der Waals surface area contributed by atoms with Crippen LogP contribution in [0.15, 0.2) is 82.2 Å². The highest BCUT2D eigenvalue weighted by molar-refractivity contribution is 5.80. The molecule has 4 rings (SSSR count). The molecule has 0 aliphatic carbocycles. The van der Waals surface area contributed by atoms with Crippen molar-refractivity contribution < 1.29 is 13.9 Å². The molecule has 1 heterocycles. The average Bonchev–Trinajstić information content (AvgIpc) is 2.75. The maximum absolute atomic E-state index is 6.23. The highest BCUT2D eigenvalue weighted by Gasteiger charge is 2.08. The van der Waals surface area contributed by atoms with Crippen LogP contribution in [0.25, 0.3) is 22.3 Å². The molecule has 0 N–H and O–H groups in total. The zero-order chi connectivity index (χ0) is 21.8. The summed E-state index contributed by atoms with van der Waals surface area (Å²) in [6.45, 7) is 8.68. The van der Waals surface area contributed by atoms with Crippen molar-refractivity contribution in [3.05, 3.63) is 83.7 Å². The third-order valence-electron chi connectivity index (χ3n) is 4.82. The highest BCUT2D eigenvalue weighted by atomic mass is 16.5. The van der Waals surface area contributed by atoms with Crippen molar-refractivity contribution >= 4 is 16.7 Å². The Kier molecular flexibility index (Phi) is 6.08. The first-order valence-corrected chi connectivity index (χ1v) is 10.6. The molecule has 0 spiro atoms. The normalized spacial score (nSPS) is 11.8. The van der Waals surface area contributed by atoms with Crippen LogP contribution in [-0.4, -0.2) is 12.7 Å². The second-order valence-corrected chi connectivity index (χ2v) is 7.73. The maximum Gasteiger partial charge on any atom is 0.137 e. The van der Waals surface area contributed by atoms with Crippen LogP contribution < -0.4 is 14.8 Å². The van der Waals surface area contributed by atoms with Gasteiger partial charge in [-0.2, -0.15) is 0 Å². The van der Waals surface area contributed by atoms with Crippen LogP contribution in [0, 0.1) is 6.92 Å². The second-order valence-electron chi connectivity index (χ2n) is 7.73. The summed E-state index contributed by atoms with van der Waals surface area (Å²) in [4.78, 5) is 4.92. The van der Waals surface area contributed by atoms with Gasteiger partial charge >= 0.3 is 0 Å². The highest BCUT2D eigenvalue weighted by Crippen LogP contribution is 2.26. The Labute approximate surface area is 182 Å². The van der Waals surface area contributed by atoms with Gasteiger partial charge in [-0.05, 0) is 70.2 Å². The standard InChI is InChI=1S/C27H27NO3/c1-5-29-23-14-15-26-24(16-23)25(17-27(31-26)20-8-6-19(4)7-9-20)28-21-10-12-22(13-11-21)30-18(2)3/h6-18H,5H2,1-4H3. The van der Waals surface area contributed by atoms with Crippen molar-refractivity contribution in [1.82, 2.24) is 0 Å². The molecular formula is C27H27NO3. The number of rotatable bonds is 6. The molecule has 158 valence electrons. The zero-order valence-corrected chi connectivity index (χ0v) is 18.4. The fourth-order valence-corrected chi connectivity index (χ4v) is 3.37. The molecule has 0 amide bonds. The molecule has 4 aromatic rings. The van der Waals surface area contributed by atoms with Gasteiger partial charge in [0.05, 0.1) is 23.8 Å². The quantitative estimate of drug-likeness (QED) is 0.348. The molecule has 0 fully saturated rings. The Balaban J connectivity index is 1.86. The summed E-state index contributed by atoms with van der Waals surface area (Å²) < 4.78 is 17.7. The molecule has 0 atom stereocenters. The predicted molar refractivity (Wildman–Crippen MR) is 125 cm³/mol. The third kappa shape index (κ3) is 4.97. The molecule has 0 aliphatic heterocycles. The minimum atomic E-state index is 0.136. The van der Waals surface area contributed by atoms with Crippen molar-refractivity contribution in [3.63, 3.8) is 0 Å². The molecule has 4 heteroatoms. The maximum atomic E-state index is 6.23. The fourth-order valence-electron chi connectivity index (χ4n) is 3.37. The molecule has 0 radical (unpaired) electrons. The Morgan fingerprint density at radius 3 is 2.26 bits per heavy atom. The van der Waals surface area contributed by atoms with Crippen LogP contribution >= 0.6 is 0 Å². The Morgan fingerprint density at radius 1 is 0.871 bits per heavy atom. The summed E-state index contributed by atoms with van der Waals surface area (Å²) in [6.07, 6.45) is 0.136. The Bertz CT molecular complexity index is 1240. The lowest BCUT2D eigenvalue weighted by Crippen LogP contribution is -2.05. The van der Waals surface area contributed by atoms with E-state index in [1.54, 1.807) is 0 Å². The number of ether oxygens (including phenoxy) is 2. The first-order chi connectivity index (χ1) is 15.0. The molecule has 31 heavy (non-hydrogen) atoms. The van der Waals surface area contributed by atoms with E-state index in [1.807, 2.05) is 69.3 Å². The minimum absolute atomic E-state index is 0.136. The fraction of sp³-hybridized carbons (Fsp3) is 0.222. The van der Waals surface area contributed by atoms with Gasteiger partial charge in [0.1, 0.15) is 22.8 Å². The van der Waals surface area contributed by atoms with Crippen molar-refractivity contribution in [2.24, 2.45) is 4.99 Å². The van der Waals surface area contributed by atoms with Gasteiger partial charge < -0.3 is 13.9 Å². The van der Waals surface area contributed by atoms with Gasteiger partial charge in [-0.3, -0.25) is 0 Å². The van der Waals surface area contributed by atoms with E-state index in [2.05, 4.69) is 31.2 Å². The van der Waals surface area contributed by atoms with Gasteiger partial charge in [-0.1, -0.05) is 29.8 Å². The van der Waals surface area contributed by atoms with Crippen molar-refractivity contribution in [3.8, 4) is 22.8 Å². The summed E-state index contributed by atoms with van der Waals surface area (Å²) in [5.41, 5.74) is 3.83. The van der Waals surface area contributed by atoms with Crippen LogP contribution in [0.1, 0.15) is 26.3 Å². The van der Waals surface area contributed by atoms with E-state index in [9.17, 15) is 0 Å². The summed E-state index contributed by atoms with van der Waals surface area (Å²) in [6, 6.07) is 23.9. The lowest BCUT2D eigenvalue weighted by Gasteiger charge is -2.09. The van der Waals surface area contributed by atoms with Crippen LogP contribution in [0.3, 0.4) is 0 Å². The van der Waals surface area contributed by atoms with E-state index in [-0.39, 0.29) is 6.10 Å². The first kappa shape index (κ1) is 20.7. The summed E-state index contributed by atoms with van der Waals surface area (Å²) in [7, 11) is 0. The van der Waals surface area contributed by atoms with Gasteiger partial charge in [-0.15, -0.1) is 0 Å². The molecule has 0 unspecified atom stereocenters. The van der Waals surface area contributed by atoms with E-state index in [0.29, 0.717) is 6.61 Å². The largest absolute Gasteiger partial charge is 0.494 e. The van der Waals surface area contributed by atoms with E-state index in [1.165, 1.54) is 5.56 Å². The van der Waals surface area contributed by atoms with Gasteiger partial charge in [0.25, 0.3) is 0 Å². The van der Waals surface area contributed by atoms with E-state index < -0.39 is 0 Å². The zero-order valence-electron chi connectivity index (χ0n) is 18.4. The molecule has 0 saturated carbocycles. The monoisotopic (exact) mass is 413 g/mol. The van der Waals surface area contributed by atoms with Crippen LogP contribution in [-0.2, 0) is 0 Å². The van der Waals surface area contributed by atoms with Gasteiger partial charge in [-0.25, -0.2) is 4.99 Å². The topological polar surface area (TPSA) is 44.0 Å². The van der Waals surface area contributed by atoms with Crippen molar-refractivity contribution in [2.75, 3.05) is 6.61 Å². The van der Waals surface area contributed by atoms with Crippen LogP contribution in [0.5, 0.6) is 11.5 Å². The number of fused-ring (bicyclic) bond motifs is 1. The SMILES string of the molecule is CCOc1ccc2oc(-c3ccc(C)cc3)cc(=Nc3ccc(OC(C)C)cc3)c2c1. The van der Waals surface area contributed by atoms with E-state index in [0.717, 1.165) is 44.8 Å². The summed E-state index contributed by atoms with van der Waals surface area (Å²) in [5, 5.41) is 1.74. The Morgan fingerprint density at radius 2 is 1.58 bits per heavy atom. The van der Waals surface area contributed by atoms with Gasteiger partial charge in [0, 0.05) is 17.0 Å². The number of benzene rings is 3. The van der Waals surface area contributed by atoms with Crippen LogP contribution in [0.4, 0.5) is 5.69 Å². The molecule has 0 saturated heterocycles. The average molecular weight is 414 g/mol. The summed E-state index contributed by atoms with van der Waals surface area (Å²) in [5.74, 6) is 2.40. The van der Waals surface area contributed by atoms with Crippen molar-refractivity contribution in [1.29, 1.82) is 0 Å². The smallest absolute Gasteiger partial charge is 0.137 e. The Hall–Kier alpha value is -3.53. The van der Waals surface area contributed by atoms with Crippen LogP contribution in [0.2, 0.25) is 0 Å². The van der Waals surface area contributed by atoms with Gasteiger partial charge in [0.15, 0.2) is 0 Å². The molecule has 4 nitrogen and oxygen atoms in total. The molecular weight excluding hydrogens is 386 g/mol. The van der Waals surface area contributed by atoms with E-state index in [4.69, 9.17) is 18.9 Å². The number of hydrogen-bond acceptors (Lipinski definition) is 4. The van der Waals surface area contributed by atoms with E-state index >= 15 is 0 Å². The molecule has 0 bridgehead atoms. The number of nitrogens with zero attached hydrogens (tertiary/aromatic N) is 1. The minimum Gasteiger partial charge on any atom is -0.494 e. The summed E-state index contributed by atoms with van der Waals surface area (Å²) >= 11 is 0. The van der Waals surface area contributed by atoms with Crippen molar-refractivity contribution in [2.45, 2.75) is 33.8 Å². The number of hydrogen-bond donors (Lipinski definition) is 0. The third-order valence-corrected chi connectivity index (χ3v) is 4.82. The molecule has 0 aliphatic rings. The predicted octanol–water partition coefficient (Wildman–Crippen LogP) is 6.83. The molecule has 1 aromatic heterocycles. The van der Waals surface area contributed by atoms with Gasteiger partial charge in [0.2, 0.25) is 0 Å². The lowest BCUT2D eigenvalue weighted by atomic mass is 10.1. The molecule has 3 aromatic carbocycles. The first-order valence-electron chi connectivity index (χ1n) is 10.6. The second kappa shape index (κ2) is 9.09.